The summed E-state index contributed by atoms with van der Waals surface area (Å²) < 4.78 is 38.6. The van der Waals surface area contributed by atoms with Gasteiger partial charge in [-0.3, -0.25) is 4.79 Å². The second kappa shape index (κ2) is 8.42. The minimum Gasteiger partial charge on any atom is -0.486 e. The van der Waals surface area contributed by atoms with Crippen LogP contribution in [-0.4, -0.2) is 44.4 Å². The van der Waals surface area contributed by atoms with E-state index >= 15 is 0 Å². The highest BCUT2D eigenvalue weighted by Crippen LogP contribution is 2.33. The summed E-state index contributed by atoms with van der Waals surface area (Å²) in [5.74, 6) is 1.03. The topological polar surface area (TPSA) is 84.9 Å². The summed E-state index contributed by atoms with van der Waals surface area (Å²) in [6.45, 7) is 1.41. The largest absolute Gasteiger partial charge is 0.486 e. The molecule has 0 saturated carbocycles. The first-order chi connectivity index (χ1) is 14.0. The Morgan fingerprint density at radius 1 is 1.03 bits per heavy atom. The predicted octanol–water partition coefficient (Wildman–Crippen LogP) is 3.03. The van der Waals surface area contributed by atoms with Gasteiger partial charge in [0, 0.05) is 30.8 Å². The number of fused-ring (bicyclic) bond motifs is 1. The fourth-order valence-corrected chi connectivity index (χ4v) is 5.48. The van der Waals surface area contributed by atoms with Crippen LogP contribution in [0.1, 0.15) is 25.7 Å². The van der Waals surface area contributed by atoms with Crippen LogP contribution in [0.2, 0.25) is 0 Å². The standard InChI is InChI=1S/C21H24N2O5S/c24-21(22-16-9-10-19-20(14-16)28-13-12-27-19)15-17-6-4-5-11-23(17)29(25,26)18-7-2-1-3-8-18/h1-3,7-10,14,17H,4-6,11-13,15H2,(H,22,24)/t17-/m1/s1. The van der Waals surface area contributed by atoms with Gasteiger partial charge in [-0.1, -0.05) is 24.6 Å². The number of anilines is 1. The molecule has 0 spiro atoms. The number of benzene rings is 2. The van der Waals surface area contributed by atoms with Crippen molar-refractivity contribution in [3.8, 4) is 11.5 Å². The van der Waals surface area contributed by atoms with Crippen LogP contribution in [-0.2, 0) is 14.8 Å². The summed E-state index contributed by atoms with van der Waals surface area (Å²) in [7, 11) is -3.62. The summed E-state index contributed by atoms with van der Waals surface area (Å²) in [5, 5.41) is 2.86. The van der Waals surface area contributed by atoms with E-state index in [1.54, 1.807) is 48.5 Å². The van der Waals surface area contributed by atoms with E-state index in [1.807, 2.05) is 0 Å². The summed E-state index contributed by atoms with van der Waals surface area (Å²) in [4.78, 5) is 12.9. The Balaban J connectivity index is 1.46. The minimum absolute atomic E-state index is 0.112. The molecule has 4 rings (SSSR count). The average Bonchev–Trinajstić information content (AvgIpc) is 2.74. The van der Waals surface area contributed by atoms with Crippen molar-refractivity contribution in [2.75, 3.05) is 25.1 Å². The van der Waals surface area contributed by atoms with Crippen molar-refractivity contribution in [1.29, 1.82) is 0 Å². The Morgan fingerprint density at radius 3 is 2.59 bits per heavy atom. The van der Waals surface area contributed by atoms with Crippen molar-refractivity contribution in [3.63, 3.8) is 0 Å². The monoisotopic (exact) mass is 416 g/mol. The van der Waals surface area contributed by atoms with E-state index in [0.29, 0.717) is 43.4 Å². The highest BCUT2D eigenvalue weighted by Gasteiger charge is 2.34. The fraction of sp³-hybridized carbons (Fsp3) is 0.381. The van der Waals surface area contributed by atoms with Crippen LogP contribution >= 0.6 is 0 Å². The normalized spacial score (nSPS) is 19.5. The molecule has 2 aliphatic heterocycles. The van der Waals surface area contributed by atoms with E-state index in [4.69, 9.17) is 9.47 Å². The van der Waals surface area contributed by atoms with Gasteiger partial charge in [0.05, 0.1) is 4.90 Å². The van der Waals surface area contributed by atoms with Gasteiger partial charge in [0.2, 0.25) is 15.9 Å². The van der Waals surface area contributed by atoms with Crippen molar-refractivity contribution in [3.05, 3.63) is 48.5 Å². The molecule has 2 heterocycles. The van der Waals surface area contributed by atoms with Crippen LogP contribution in [0.15, 0.2) is 53.4 Å². The van der Waals surface area contributed by atoms with Crippen LogP contribution in [0.4, 0.5) is 5.69 Å². The van der Waals surface area contributed by atoms with E-state index in [2.05, 4.69) is 5.32 Å². The Labute approximate surface area is 170 Å². The molecule has 0 unspecified atom stereocenters. The highest BCUT2D eigenvalue weighted by atomic mass is 32.2. The third-order valence-electron chi connectivity index (χ3n) is 5.17. The molecule has 1 atom stereocenters. The third-order valence-corrected chi connectivity index (χ3v) is 7.14. The first kappa shape index (κ1) is 19.7. The van der Waals surface area contributed by atoms with Crippen molar-refractivity contribution in [1.82, 2.24) is 4.31 Å². The smallest absolute Gasteiger partial charge is 0.243 e. The first-order valence-corrected chi connectivity index (χ1v) is 11.2. The molecule has 0 radical (unpaired) electrons. The molecule has 1 saturated heterocycles. The van der Waals surface area contributed by atoms with Gasteiger partial charge >= 0.3 is 0 Å². The molecule has 29 heavy (non-hydrogen) atoms. The van der Waals surface area contributed by atoms with Gasteiger partial charge < -0.3 is 14.8 Å². The molecule has 154 valence electrons. The van der Waals surface area contributed by atoms with Gasteiger partial charge in [0.25, 0.3) is 0 Å². The van der Waals surface area contributed by atoms with Crippen LogP contribution in [0.3, 0.4) is 0 Å². The Kier molecular flexibility index (Phi) is 5.73. The lowest BCUT2D eigenvalue weighted by Crippen LogP contribution is -2.45. The first-order valence-electron chi connectivity index (χ1n) is 9.80. The molecule has 7 nitrogen and oxygen atoms in total. The van der Waals surface area contributed by atoms with Crippen molar-refractivity contribution < 1.29 is 22.7 Å². The number of piperidine rings is 1. The summed E-state index contributed by atoms with van der Waals surface area (Å²) >= 11 is 0. The molecular weight excluding hydrogens is 392 g/mol. The summed E-state index contributed by atoms with van der Waals surface area (Å²) in [6.07, 6.45) is 2.48. The lowest BCUT2D eigenvalue weighted by molar-refractivity contribution is -0.117. The van der Waals surface area contributed by atoms with Crippen LogP contribution in [0, 0.1) is 0 Å². The quantitative estimate of drug-likeness (QED) is 0.810. The Morgan fingerprint density at radius 2 is 1.79 bits per heavy atom. The van der Waals surface area contributed by atoms with E-state index in [0.717, 1.165) is 12.8 Å². The molecule has 0 aliphatic carbocycles. The van der Waals surface area contributed by atoms with Gasteiger partial charge in [-0.2, -0.15) is 4.31 Å². The predicted molar refractivity (Wildman–Crippen MR) is 109 cm³/mol. The fourth-order valence-electron chi connectivity index (χ4n) is 3.77. The van der Waals surface area contributed by atoms with Crippen molar-refractivity contribution in [2.24, 2.45) is 0 Å². The lowest BCUT2D eigenvalue weighted by atomic mass is 10.0. The van der Waals surface area contributed by atoms with Crippen molar-refractivity contribution >= 4 is 21.6 Å². The van der Waals surface area contributed by atoms with Gasteiger partial charge in [-0.25, -0.2) is 8.42 Å². The minimum atomic E-state index is -3.62. The second-order valence-corrected chi connectivity index (χ2v) is 9.08. The molecule has 1 N–H and O–H groups in total. The third kappa shape index (κ3) is 4.38. The lowest BCUT2D eigenvalue weighted by Gasteiger charge is -2.34. The molecule has 1 amide bonds. The van der Waals surface area contributed by atoms with E-state index < -0.39 is 10.0 Å². The van der Waals surface area contributed by atoms with Crippen LogP contribution in [0.5, 0.6) is 11.5 Å². The number of rotatable bonds is 5. The van der Waals surface area contributed by atoms with Crippen LogP contribution < -0.4 is 14.8 Å². The Bertz CT molecular complexity index is 978. The zero-order valence-corrected chi connectivity index (χ0v) is 16.9. The Hall–Kier alpha value is -2.58. The van der Waals surface area contributed by atoms with E-state index in [-0.39, 0.29) is 23.3 Å². The summed E-state index contributed by atoms with van der Waals surface area (Å²) in [5.41, 5.74) is 0.604. The number of amides is 1. The maximum absolute atomic E-state index is 13.1. The molecule has 1 fully saturated rings. The maximum Gasteiger partial charge on any atom is 0.243 e. The van der Waals surface area contributed by atoms with Gasteiger partial charge in [0.15, 0.2) is 11.5 Å². The number of sulfonamides is 1. The number of hydrogen-bond acceptors (Lipinski definition) is 5. The SMILES string of the molecule is O=C(C[C@H]1CCCCN1S(=O)(=O)c1ccccc1)Nc1ccc2c(c1)OCCO2. The molecule has 0 aromatic heterocycles. The van der Waals surface area contributed by atoms with E-state index in [9.17, 15) is 13.2 Å². The highest BCUT2D eigenvalue weighted by molar-refractivity contribution is 7.89. The average molecular weight is 416 g/mol. The van der Waals surface area contributed by atoms with Gasteiger partial charge in [-0.15, -0.1) is 0 Å². The number of hydrogen-bond donors (Lipinski definition) is 1. The second-order valence-electron chi connectivity index (χ2n) is 7.19. The molecule has 2 aromatic rings. The molecule has 2 aliphatic rings. The number of nitrogens with one attached hydrogen (secondary N) is 1. The number of nitrogens with zero attached hydrogens (tertiary/aromatic N) is 1. The van der Waals surface area contributed by atoms with E-state index in [1.165, 1.54) is 4.31 Å². The molecule has 2 aromatic carbocycles. The molecule has 8 heteroatoms. The van der Waals surface area contributed by atoms with Crippen molar-refractivity contribution in [2.45, 2.75) is 36.6 Å². The maximum atomic E-state index is 13.1. The molecule has 0 bridgehead atoms. The zero-order chi connectivity index (χ0) is 20.3. The summed E-state index contributed by atoms with van der Waals surface area (Å²) in [6, 6.07) is 13.3. The number of carbonyl (C=O) groups is 1. The molecular formula is C21H24N2O5S. The van der Waals surface area contributed by atoms with Gasteiger partial charge in [0.1, 0.15) is 13.2 Å². The number of ether oxygens (including phenoxy) is 2. The zero-order valence-electron chi connectivity index (χ0n) is 16.0. The van der Waals surface area contributed by atoms with Gasteiger partial charge in [-0.05, 0) is 37.1 Å². The van der Waals surface area contributed by atoms with Crippen LogP contribution in [0.25, 0.3) is 0 Å². The number of carbonyl (C=O) groups excluding carboxylic acids is 1.